The van der Waals surface area contributed by atoms with Gasteiger partial charge in [-0.1, -0.05) is 170 Å². The Kier molecular flexibility index (Phi) is 7.80. The average molecular weight is 807 g/mol. The Labute approximate surface area is 361 Å². The Bertz CT molecular complexity index is 3900. The van der Waals surface area contributed by atoms with Crippen molar-refractivity contribution in [3.8, 4) is 62.1 Å². The summed E-state index contributed by atoms with van der Waals surface area (Å²) in [7, 11) is 0. The second-order valence-corrected chi connectivity index (χ2v) is 15.9. The fourth-order valence-corrected chi connectivity index (χ4v) is 9.45. The monoisotopic (exact) mass is 806 g/mol. The molecule has 13 rings (SSSR count). The highest BCUT2D eigenvalue weighted by molar-refractivity contribution is 6.19. The minimum absolute atomic E-state index is 0.551. The molecule has 0 atom stereocenters. The predicted octanol–water partition coefficient (Wildman–Crippen LogP) is 15.1. The summed E-state index contributed by atoms with van der Waals surface area (Å²) >= 11 is 0. The molecule has 0 bridgehead atoms. The second-order valence-electron chi connectivity index (χ2n) is 15.9. The van der Waals surface area contributed by atoms with Gasteiger partial charge in [0.05, 0.1) is 11.0 Å². The van der Waals surface area contributed by atoms with E-state index in [0.29, 0.717) is 17.5 Å². The summed E-state index contributed by atoms with van der Waals surface area (Å²) in [5, 5.41) is 6.42. The third kappa shape index (κ3) is 5.55. The number of aromatic nitrogens is 4. The summed E-state index contributed by atoms with van der Waals surface area (Å²) in [4.78, 5) is 15.5. The summed E-state index contributed by atoms with van der Waals surface area (Å²) in [6.45, 7) is 0. The van der Waals surface area contributed by atoms with Gasteiger partial charge in [0.1, 0.15) is 22.3 Å². The van der Waals surface area contributed by atoms with Crippen LogP contribution in [0.3, 0.4) is 0 Å². The number of furan rings is 2. The van der Waals surface area contributed by atoms with E-state index in [2.05, 4.69) is 156 Å². The zero-order valence-corrected chi connectivity index (χ0v) is 33.7. The molecule has 0 aliphatic heterocycles. The van der Waals surface area contributed by atoms with Gasteiger partial charge in [-0.25, -0.2) is 15.0 Å². The first kappa shape index (κ1) is 35.2. The number of hydrogen-bond acceptors (Lipinski definition) is 5. The minimum Gasteiger partial charge on any atom is -0.455 e. The van der Waals surface area contributed by atoms with Crippen LogP contribution in [-0.4, -0.2) is 19.5 Å². The second kappa shape index (κ2) is 14.0. The topological polar surface area (TPSA) is 69.9 Å². The van der Waals surface area contributed by atoms with Crippen LogP contribution in [0, 0.1) is 0 Å². The zero-order chi connectivity index (χ0) is 41.4. The van der Waals surface area contributed by atoms with Crippen molar-refractivity contribution in [2.75, 3.05) is 0 Å². The molecule has 6 heteroatoms. The van der Waals surface area contributed by atoms with E-state index >= 15 is 0 Å². The van der Waals surface area contributed by atoms with Crippen LogP contribution in [0.2, 0.25) is 0 Å². The van der Waals surface area contributed by atoms with Crippen molar-refractivity contribution in [3.63, 3.8) is 0 Å². The number of para-hydroxylation sites is 5. The molecule has 13 aromatic rings. The Morgan fingerprint density at radius 1 is 0.333 bits per heavy atom. The maximum absolute atomic E-state index is 6.92. The van der Waals surface area contributed by atoms with Gasteiger partial charge in [-0.2, -0.15) is 0 Å². The molecule has 4 aromatic heterocycles. The maximum atomic E-state index is 6.92. The molecule has 0 fully saturated rings. The van der Waals surface area contributed by atoms with Crippen LogP contribution in [0.5, 0.6) is 0 Å². The van der Waals surface area contributed by atoms with Gasteiger partial charge in [0.2, 0.25) is 0 Å². The van der Waals surface area contributed by atoms with E-state index in [1.54, 1.807) is 0 Å². The number of hydrogen-bond donors (Lipinski definition) is 0. The average Bonchev–Trinajstić information content (AvgIpc) is 4.04. The summed E-state index contributed by atoms with van der Waals surface area (Å²) in [5.41, 5.74) is 13.4. The van der Waals surface area contributed by atoms with Gasteiger partial charge < -0.3 is 13.4 Å². The number of fused-ring (bicyclic) bond motifs is 9. The molecule has 0 saturated carbocycles. The SMILES string of the molecule is c1ccc(-c2nc(-c3ccc4c(c3)oc3c(-c5ccccc5)cccc34)nc(-c3cccc4oc5c(-c6cccc7c8ccccc8n(-c8ccccc8)c67)cccc5c34)n2)cc1. The lowest BCUT2D eigenvalue weighted by Crippen LogP contribution is -2.00. The van der Waals surface area contributed by atoms with Gasteiger partial charge in [0, 0.05) is 71.4 Å². The maximum Gasteiger partial charge on any atom is 0.164 e. The molecule has 4 heterocycles. The van der Waals surface area contributed by atoms with Gasteiger partial charge in [-0.3, -0.25) is 0 Å². The standard InChI is InChI=1S/C57H34N4O2/c1-4-16-35(17-5-1)39-23-12-26-44-41-33-32-37(34-50(41)63-53(39)44)56-58-55(36-18-6-2-7-19-36)59-57(60-56)47-29-15-31-49-51(47)46-28-14-27-45(54(46)62-49)43-25-13-24-42-40-22-10-11-30-48(40)61(52(42)43)38-20-8-3-9-21-38/h1-34H. The molecule has 9 aromatic carbocycles. The lowest BCUT2D eigenvalue weighted by atomic mass is 9.98. The molecule has 63 heavy (non-hydrogen) atoms. The Balaban J connectivity index is 1.01. The Morgan fingerprint density at radius 3 is 1.71 bits per heavy atom. The van der Waals surface area contributed by atoms with Gasteiger partial charge in [-0.05, 0) is 42.0 Å². The van der Waals surface area contributed by atoms with Gasteiger partial charge in [0.15, 0.2) is 17.5 Å². The van der Waals surface area contributed by atoms with Crippen molar-refractivity contribution in [2.45, 2.75) is 0 Å². The van der Waals surface area contributed by atoms with Gasteiger partial charge in [0.25, 0.3) is 0 Å². The predicted molar refractivity (Wildman–Crippen MR) is 256 cm³/mol. The quantitative estimate of drug-likeness (QED) is 0.167. The first-order valence-electron chi connectivity index (χ1n) is 21.1. The van der Waals surface area contributed by atoms with Crippen LogP contribution in [0.25, 0.3) is 128 Å². The van der Waals surface area contributed by atoms with E-state index in [9.17, 15) is 0 Å². The van der Waals surface area contributed by atoms with Crippen molar-refractivity contribution in [3.05, 3.63) is 206 Å². The van der Waals surface area contributed by atoms with E-state index in [0.717, 1.165) is 99.5 Å². The Hall–Kier alpha value is -8.61. The van der Waals surface area contributed by atoms with Crippen LogP contribution < -0.4 is 0 Å². The molecule has 0 aliphatic rings. The molecule has 294 valence electrons. The zero-order valence-electron chi connectivity index (χ0n) is 33.7. The lowest BCUT2D eigenvalue weighted by Gasteiger charge is -2.12. The van der Waals surface area contributed by atoms with Gasteiger partial charge >= 0.3 is 0 Å². The van der Waals surface area contributed by atoms with Crippen LogP contribution in [0.1, 0.15) is 0 Å². The summed E-state index contributed by atoms with van der Waals surface area (Å²) in [6, 6.07) is 71.3. The van der Waals surface area contributed by atoms with E-state index in [1.807, 2.05) is 54.6 Å². The molecule has 0 aliphatic carbocycles. The number of benzene rings is 9. The van der Waals surface area contributed by atoms with Crippen molar-refractivity contribution < 1.29 is 8.83 Å². The first-order chi connectivity index (χ1) is 31.2. The van der Waals surface area contributed by atoms with Crippen LogP contribution in [-0.2, 0) is 0 Å². The molecular weight excluding hydrogens is 773 g/mol. The molecular formula is C57H34N4O2. The van der Waals surface area contributed by atoms with Crippen molar-refractivity contribution in [1.29, 1.82) is 0 Å². The van der Waals surface area contributed by atoms with Crippen LogP contribution in [0.4, 0.5) is 0 Å². The van der Waals surface area contributed by atoms with Gasteiger partial charge in [-0.15, -0.1) is 0 Å². The van der Waals surface area contributed by atoms with E-state index in [4.69, 9.17) is 23.8 Å². The van der Waals surface area contributed by atoms with Crippen molar-refractivity contribution in [2.24, 2.45) is 0 Å². The number of rotatable bonds is 6. The fourth-order valence-electron chi connectivity index (χ4n) is 9.45. The molecule has 6 nitrogen and oxygen atoms in total. The molecule has 0 radical (unpaired) electrons. The molecule has 0 unspecified atom stereocenters. The largest absolute Gasteiger partial charge is 0.455 e. The highest BCUT2D eigenvalue weighted by atomic mass is 16.3. The van der Waals surface area contributed by atoms with Crippen molar-refractivity contribution >= 4 is 65.7 Å². The summed E-state index contributed by atoms with van der Waals surface area (Å²) < 4.78 is 16.0. The van der Waals surface area contributed by atoms with Crippen molar-refractivity contribution in [1.82, 2.24) is 19.5 Å². The molecule has 0 N–H and O–H groups in total. The van der Waals surface area contributed by atoms with E-state index in [-0.39, 0.29) is 0 Å². The molecule has 0 amide bonds. The molecule has 0 spiro atoms. The first-order valence-corrected chi connectivity index (χ1v) is 21.1. The third-order valence-corrected chi connectivity index (χ3v) is 12.3. The van der Waals surface area contributed by atoms with E-state index in [1.165, 1.54) is 10.8 Å². The third-order valence-electron chi connectivity index (χ3n) is 12.3. The summed E-state index contributed by atoms with van der Waals surface area (Å²) in [6.07, 6.45) is 0. The normalized spacial score (nSPS) is 11.8. The number of nitrogens with zero attached hydrogens (tertiary/aromatic N) is 4. The highest BCUT2D eigenvalue weighted by Gasteiger charge is 2.23. The minimum atomic E-state index is 0.551. The Morgan fingerprint density at radius 2 is 0.905 bits per heavy atom. The lowest BCUT2D eigenvalue weighted by molar-refractivity contribution is 0.670. The smallest absolute Gasteiger partial charge is 0.164 e. The highest BCUT2D eigenvalue weighted by Crippen LogP contribution is 2.44. The van der Waals surface area contributed by atoms with E-state index < -0.39 is 0 Å². The summed E-state index contributed by atoms with van der Waals surface area (Å²) in [5.74, 6) is 1.69. The van der Waals surface area contributed by atoms with Crippen LogP contribution >= 0.6 is 0 Å². The van der Waals surface area contributed by atoms with Crippen LogP contribution in [0.15, 0.2) is 215 Å². The molecule has 0 saturated heterocycles. The fraction of sp³-hybridized carbons (Fsp3) is 0.